The molecule has 1 N–H and O–H groups in total. The normalized spacial score (nSPS) is 11.4. The topological polar surface area (TPSA) is 55.6 Å². The number of nitrogens with one attached hydrogen (secondary N) is 1. The first kappa shape index (κ1) is 17.6. The molecular weight excluding hydrogens is 340 g/mol. The summed E-state index contributed by atoms with van der Waals surface area (Å²) in [5.41, 5.74) is 3.00. The maximum absolute atomic E-state index is 12.4. The molecule has 0 aliphatic rings. The number of hydrogen-bond acceptors (Lipinski definition) is 3. The van der Waals surface area contributed by atoms with Crippen LogP contribution in [0.15, 0.2) is 54.9 Å². The van der Waals surface area contributed by atoms with Gasteiger partial charge in [0.2, 0.25) is 5.91 Å². The number of aryl methyl sites for hydroxylation is 1. The van der Waals surface area contributed by atoms with E-state index in [0.29, 0.717) is 5.56 Å². The second-order valence-corrected chi connectivity index (χ2v) is 5.62. The SMILES string of the molecule is Cc1cccn2cc(CNC(=O)/C=C/c3ccccc3OC(F)F)nc12. The number of carbonyl (C=O) groups excluding carboxylic acids is 1. The summed E-state index contributed by atoms with van der Waals surface area (Å²) in [4.78, 5) is 16.5. The lowest BCUT2D eigenvalue weighted by molar-refractivity contribution is -0.116. The second kappa shape index (κ2) is 7.77. The van der Waals surface area contributed by atoms with Gasteiger partial charge >= 0.3 is 6.61 Å². The highest BCUT2D eigenvalue weighted by molar-refractivity contribution is 5.92. The number of halogens is 2. The molecule has 0 saturated heterocycles. The Labute approximate surface area is 148 Å². The number of benzene rings is 1. The van der Waals surface area contributed by atoms with Crippen LogP contribution in [0.1, 0.15) is 16.8 Å². The van der Waals surface area contributed by atoms with Crippen molar-refractivity contribution in [1.29, 1.82) is 0 Å². The van der Waals surface area contributed by atoms with Gasteiger partial charge in [-0.2, -0.15) is 8.78 Å². The molecule has 7 heteroatoms. The summed E-state index contributed by atoms with van der Waals surface area (Å²) in [6.07, 6.45) is 6.44. The van der Waals surface area contributed by atoms with Crippen molar-refractivity contribution < 1.29 is 18.3 Å². The molecule has 0 unspecified atom stereocenters. The number of fused-ring (bicyclic) bond motifs is 1. The summed E-state index contributed by atoms with van der Waals surface area (Å²) in [7, 11) is 0. The van der Waals surface area contributed by atoms with Gasteiger partial charge in [0.1, 0.15) is 11.4 Å². The van der Waals surface area contributed by atoms with E-state index in [1.54, 1.807) is 18.2 Å². The van der Waals surface area contributed by atoms with Gasteiger partial charge in [-0.1, -0.05) is 24.3 Å². The fraction of sp³-hybridized carbons (Fsp3) is 0.158. The summed E-state index contributed by atoms with van der Waals surface area (Å²) in [6.45, 7) is -0.692. The highest BCUT2D eigenvalue weighted by Crippen LogP contribution is 2.21. The lowest BCUT2D eigenvalue weighted by atomic mass is 10.2. The maximum atomic E-state index is 12.4. The summed E-state index contributed by atoms with van der Waals surface area (Å²) >= 11 is 0. The molecule has 3 aromatic rings. The number of aromatic nitrogens is 2. The maximum Gasteiger partial charge on any atom is 0.387 e. The standard InChI is InChI=1S/C19H17F2N3O2/c1-13-5-4-10-24-12-15(23-18(13)24)11-22-17(25)9-8-14-6-2-3-7-16(14)26-19(20)21/h2-10,12,19H,11H2,1H3,(H,22,25)/b9-8+. The van der Waals surface area contributed by atoms with Crippen molar-refractivity contribution in [2.75, 3.05) is 0 Å². The fourth-order valence-corrected chi connectivity index (χ4v) is 2.51. The molecule has 0 saturated carbocycles. The number of nitrogens with zero attached hydrogens (tertiary/aromatic N) is 2. The van der Waals surface area contributed by atoms with E-state index in [1.807, 2.05) is 35.9 Å². The number of para-hydroxylation sites is 1. The summed E-state index contributed by atoms with van der Waals surface area (Å²) in [5, 5.41) is 2.72. The molecule has 2 aromatic heterocycles. The van der Waals surface area contributed by atoms with Crippen molar-refractivity contribution in [3.05, 3.63) is 71.7 Å². The van der Waals surface area contributed by atoms with Crippen LogP contribution in [0.25, 0.3) is 11.7 Å². The molecule has 0 spiro atoms. The van der Waals surface area contributed by atoms with Crippen LogP contribution in [0, 0.1) is 6.92 Å². The predicted octanol–water partition coefficient (Wildman–Crippen LogP) is 3.57. The van der Waals surface area contributed by atoms with Gasteiger partial charge in [0.25, 0.3) is 0 Å². The van der Waals surface area contributed by atoms with Crippen molar-refractivity contribution in [3.8, 4) is 5.75 Å². The average molecular weight is 357 g/mol. The van der Waals surface area contributed by atoms with E-state index in [-0.39, 0.29) is 18.2 Å². The van der Waals surface area contributed by atoms with Gasteiger partial charge < -0.3 is 14.5 Å². The average Bonchev–Trinajstić information content (AvgIpc) is 3.03. The highest BCUT2D eigenvalue weighted by atomic mass is 19.3. The molecule has 0 fully saturated rings. The molecule has 3 rings (SSSR count). The van der Waals surface area contributed by atoms with Crippen LogP contribution in [-0.4, -0.2) is 21.9 Å². The largest absolute Gasteiger partial charge is 0.434 e. The Balaban J connectivity index is 1.63. The second-order valence-electron chi connectivity index (χ2n) is 5.62. The van der Waals surface area contributed by atoms with Gasteiger partial charge in [-0.25, -0.2) is 4.98 Å². The number of carbonyl (C=O) groups is 1. The molecule has 0 atom stereocenters. The van der Waals surface area contributed by atoms with E-state index >= 15 is 0 Å². The molecule has 1 amide bonds. The van der Waals surface area contributed by atoms with Crippen LogP contribution >= 0.6 is 0 Å². The lowest BCUT2D eigenvalue weighted by Gasteiger charge is -2.07. The first-order chi connectivity index (χ1) is 12.5. The molecular formula is C19H17F2N3O2. The number of ether oxygens (including phenoxy) is 1. The lowest BCUT2D eigenvalue weighted by Crippen LogP contribution is -2.20. The molecule has 5 nitrogen and oxygen atoms in total. The predicted molar refractivity (Wildman–Crippen MR) is 93.9 cm³/mol. The van der Waals surface area contributed by atoms with Gasteiger partial charge in [0.15, 0.2) is 0 Å². The number of rotatable bonds is 6. The quantitative estimate of drug-likeness (QED) is 0.686. The van der Waals surface area contributed by atoms with Crippen LogP contribution in [0.2, 0.25) is 0 Å². The monoisotopic (exact) mass is 357 g/mol. The van der Waals surface area contributed by atoms with Gasteiger partial charge in [0, 0.05) is 24.0 Å². The zero-order chi connectivity index (χ0) is 18.5. The van der Waals surface area contributed by atoms with Crippen LogP contribution in [0.4, 0.5) is 8.78 Å². The minimum absolute atomic E-state index is 0.0161. The number of amides is 1. The molecule has 2 heterocycles. The van der Waals surface area contributed by atoms with Crippen LogP contribution in [0.3, 0.4) is 0 Å². The van der Waals surface area contributed by atoms with Crippen molar-refractivity contribution in [2.45, 2.75) is 20.1 Å². The van der Waals surface area contributed by atoms with E-state index < -0.39 is 6.61 Å². The minimum atomic E-state index is -2.92. The molecule has 134 valence electrons. The Morgan fingerprint density at radius 2 is 2.12 bits per heavy atom. The molecule has 0 radical (unpaired) electrons. The number of imidazole rings is 1. The van der Waals surface area contributed by atoms with Crippen LogP contribution < -0.4 is 10.1 Å². The summed E-state index contributed by atoms with van der Waals surface area (Å²) in [6, 6.07) is 10.2. The number of hydrogen-bond donors (Lipinski definition) is 1. The van der Waals surface area contributed by atoms with Gasteiger partial charge in [-0.15, -0.1) is 0 Å². The third-order valence-electron chi connectivity index (χ3n) is 3.72. The van der Waals surface area contributed by atoms with Gasteiger partial charge in [-0.05, 0) is 30.7 Å². The fourth-order valence-electron chi connectivity index (χ4n) is 2.51. The van der Waals surface area contributed by atoms with E-state index in [9.17, 15) is 13.6 Å². The summed E-state index contributed by atoms with van der Waals surface area (Å²) in [5.74, 6) is -0.340. The molecule has 0 aliphatic carbocycles. The number of alkyl halides is 2. The zero-order valence-electron chi connectivity index (χ0n) is 14.0. The van der Waals surface area contributed by atoms with E-state index in [0.717, 1.165) is 16.9 Å². The van der Waals surface area contributed by atoms with Gasteiger partial charge in [-0.3, -0.25) is 4.79 Å². The highest BCUT2D eigenvalue weighted by Gasteiger charge is 2.08. The molecule has 1 aromatic carbocycles. The Bertz CT molecular complexity index is 951. The van der Waals surface area contributed by atoms with Crippen molar-refractivity contribution in [1.82, 2.24) is 14.7 Å². The van der Waals surface area contributed by atoms with Crippen molar-refractivity contribution in [2.24, 2.45) is 0 Å². The van der Waals surface area contributed by atoms with Crippen LogP contribution in [0.5, 0.6) is 5.75 Å². The third kappa shape index (κ3) is 4.24. The third-order valence-corrected chi connectivity index (χ3v) is 3.72. The molecule has 26 heavy (non-hydrogen) atoms. The number of pyridine rings is 1. The van der Waals surface area contributed by atoms with Gasteiger partial charge in [0.05, 0.1) is 12.2 Å². The summed E-state index contributed by atoms with van der Waals surface area (Å²) < 4.78 is 31.1. The zero-order valence-corrected chi connectivity index (χ0v) is 14.0. The first-order valence-electron chi connectivity index (χ1n) is 7.96. The van der Waals surface area contributed by atoms with E-state index in [4.69, 9.17) is 0 Å². The van der Waals surface area contributed by atoms with Crippen molar-refractivity contribution >= 4 is 17.6 Å². The minimum Gasteiger partial charge on any atom is -0.434 e. The van der Waals surface area contributed by atoms with E-state index in [1.165, 1.54) is 18.2 Å². The van der Waals surface area contributed by atoms with Crippen LogP contribution in [-0.2, 0) is 11.3 Å². The first-order valence-corrected chi connectivity index (χ1v) is 7.96. The smallest absolute Gasteiger partial charge is 0.387 e. The Morgan fingerprint density at radius 1 is 1.31 bits per heavy atom. The Morgan fingerprint density at radius 3 is 2.88 bits per heavy atom. The Kier molecular flexibility index (Phi) is 5.26. The van der Waals surface area contributed by atoms with Crippen molar-refractivity contribution in [3.63, 3.8) is 0 Å². The molecule has 0 bridgehead atoms. The van der Waals surface area contributed by atoms with E-state index in [2.05, 4.69) is 15.0 Å². The molecule has 0 aliphatic heterocycles. The Hall–Kier alpha value is -3.22.